The summed E-state index contributed by atoms with van der Waals surface area (Å²) in [5, 5.41) is 26.5. The lowest BCUT2D eigenvalue weighted by Crippen LogP contribution is -2.63. The first kappa shape index (κ1) is 24.1. The Morgan fingerprint density at radius 2 is 1.77 bits per heavy atom. The van der Waals surface area contributed by atoms with E-state index in [9.17, 15) is 24.6 Å². The van der Waals surface area contributed by atoms with Crippen LogP contribution in [0.15, 0.2) is 42.5 Å². The van der Waals surface area contributed by atoms with Crippen LogP contribution in [-0.4, -0.2) is 53.5 Å². The van der Waals surface area contributed by atoms with Crippen LogP contribution in [0.3, 0.4) is 0 Å². The number of carbonyl (C=O) groups excluding carboxylic acids is 2. The molecule has 0 heterocycles. The van der Waals surface area contributed by atoms with Crippen molar-refractivity contribution in [2.75, 3.05) is 19.8 Å². The summed E-state index contributed by atoms with van der Waals surface area (Å²) in [6.45, 7) is 5.21. The van der Waals surface area contributed by atoms with Gasteiger partial charge in [0.2, 0.25) is 0 Å². The predicted molar refractivity (Wildman–Crippen MR) is 117 cm³/mol. The molecule has 0 bridgehead atoms. The summed E-state index contributed by atoms with van der Waals surface area (Å²) in [6, 6.07) is 11.7. The summed E-state index contributed by atoms with van der Waals surface area (Å²) in [7, 11) is 0. The molecule has 0 spiro atoms. The summed E-state index contributed by atoms with van der Waals surface area (Å²) < 4.78 is 5.23. The summed E-state index contributed by atoms with van der Waals surface area (Å²) >= 11 is 0. The lowest BCUT2D eigenvalue weighted by molar-refractivity contribution is -0.156. The normalized spacial score (nSPS) is 14.0. The van der Waals surface area contributed by atoms with E-state index >= 15 is 0 Å². The minimum absolute atomic E-state index is 0.0362. The number of carbonyl (C=O) groups is 3. The number of amides is 2. The molecule has 0 radical (unpaired) electrons. The van der Waals surface area contributed by atoms with E-state index in [1.54, 1.807) is 31.2 Å². The summed E-state index contributed by atoms with van der Waals surface area (Å²) in [5.41, 5.74) is -1.72. The Kier molecular flexibility index (Phi) is 8.38. The topological polar surface area (TPSA) is 125 Å². The van der Waals surface area contributed by atoms with Crippen LogP contribution in [0.1, 0.15) is 38.7 Å². The number of carboxylic acid groups (broad SMARTS) is 1. The van der Waals surface area contributed by atoms with Crippen LogP contribution >= 0.6 is 0 Å². The van der Waals surface area contributed by atoms with E-state index in [0.717, 1.165) is 5.39 Å². The average Bonchev–Trinajstić information content (AvgIpc) is 2.72. The van der Waals surface area contributed by atoms with Crippen molar-refractivity contribution >= 4 is 28.7 Å². The second kappa shape index (κ2) is 10.8. The van der Waals surface area contributed by atoms with Gasteiger partial charge in [-0.05, 0) is 29.2 Å². The average molecular weight is 431 g/mol. The molecule has 2 atom stereocenters. The van der Waals surface area contributed by atoms with Crippen LogP contribution < -0.4 is 10.6 Å². The Balaban J connectivity index is 2.67. The zero-order valence-corrected chi connectivity index (χ0v) is 18.1. The van der Waals surface area contributed by atoms with Crippen molar-refractivity contribution < 1.29 is 29.3 Å². The lowest BCUT2D eigenvalue weighted by Gasteiger charge is -2.37. The van der Waals surface area contributed by atoms with Gasteiger partial charge in [0, 0.05) is 19.6 Å². The predicted octanol–water partition coefficient (Wildman–Crippen LogP) is 2.65. The first-order valence-corrected chi connectivity index (χ1v) is 10.3. The molecule has 0 saturated heterocycles. The summed E-state index contributed by atoms with van der Waals surface area (Å²) in [4.78, 5) is 38.3. The summed E-state index contributed by atoms with van der Waals surface area (Å²) in [6.07, 6.45) is -0.385. The molecule has 0 aliphatic heterocycles. The van der Waals surface area contributed by atoms with Crippen LogP contribution in [0.4, 0.5) is 4.79 Å². The number of nitrogens with one attached hydrogen (secondary N) is 2. The van der Waals surface area contributed by atoms with Gasteiger partial charge in [-0.1, -0.05) is 56.3 Å². The van der Waals surface area contributed by atoms with Crippen molar-refractivity contribution in [2.24, 2.45) is 5.92 Å². The third-order valence-electron chi connectivity index (χ3n) is 5.04. The highest BCUT2D eigenvalue weighted by Crippen LogP contribution is 2.37. The highest BCUT2D eigenvalue weighted by Gasteiger charge is 2.52. The van der Waals surface area contributed by atoms with Gasteiger partial charge < -0.3 is 25.6 Å². The van der Waals surface area contributed by atoms with Gasteiger partial charge in [-0.25, -0.2) is 9.59 Å². The maximum Gasteiger partial charge on any atom is 0.330 e. The molecule has 0 saturated carbocycles. The standard InChI is InChI=1S/C23H30N2O6/c1-4-31-20(27)19(18-11-7-9-16-8-5-6-10-17(16)18)23(12-13-26,21(28)29)25-22(30)24-14-15(2)3/h5-11,15,19,26H,4,12-14H2,1-3H3,(H,28,29)(H2,24,25,30). The van der Waals surface area contributed by atoms with Gasteiger partial charge in [-0.3, -0.25) is 4.79 Å². The van der Waals surface area contributed by atoms with Gasteiger partial charge in [-0.15, -0.1) is 0 Å². The molecule has 2 unspecified atom stereocenters. The lowest BCUT2D eigenvalue weighted by atomic mass is 9.75. The Bertz CT molecular complexity index is 924. The number of aliphatic carboxylic acids is 1. The van der Waals surface area contributed by atoms with Crippen molar-refractivity contribution in [3.63, 3.8) is 0 Å². The number of rotatable bonds is 10. The fourth-order valence-electron chi connectivity index (χ4n) is 3.60. The molecule has 0 aliphatic rings. The highest BCUT2D eigenvalue weighted by molar-refractivity contribution is 5.98. The number of aliphatic hydroxyl groups is 1. The molecule has 2 aromatic rings. The Hall–Kier alpha value is -3.13. The first-order valence-electron chi connectivity index (χ1n) is 10.3. The number of hydrogen-bond donors (Lipinski definition) is 4. The van der Waals surface area contributed by atoms with E-state index in [-0.39, 0.29) is 18.9 Å². The number of ether oxygens (including phenoxy) is 1. The largest absolute Gasteiger partial charge is 0.479 e. The fourth-order valence-corrected chi connectivity index (χ4v) is 3.60. The smallest absolute Gasteiger partial charge is 0.330 e. The second-order valence-corrected chi connectivity index (χ2v) is 7.73. The maximum absolute atomic E-state index is 13.1. The van der Waals surface area contributed by atoms with Crippen molar-refractivity contribution in [3.05, 3.63) is 48.0 Å². The first-order chi connectivity index (χ1) is 14.8. The third-order valence-corrected chi connectivity index (χ3v) is 5.04. The van der Waals surface area contributed by atoms with Gasteiger partial charge in [-0.2, -0.15) is 0 Å². The fraction of sp³-hybridized carbons (Fsp3) is 0.435. The molecule has 8 nitrogen and oxygen atoms in total. The van der Waals surface area contributed by atoms with Crippen LogP contribution in [-0.2, 0) is 14.3 Å². The molecular formula is C23H30N2O6. The van der Waals surface area contributed by atoms with Crippen LogP contribution in [0.2, 0.25) is 0 Å². The molecule has 168 valence electrons. The molecule has 0 aliphatic carbocycles. The number of hydrogen-bond acceptors (Lipinski definition) is 5. The van der Waals surface area contributed by atoms with Crippen molar-refractivity contribution in [1.82, 2.24) is 10.6 Å². The third kappa shape index (κ3) is 5.52. The van der Waals surface area contributed by atoms with E-state index in [4.69, 9.17) is 4.74 Å². The SMILES string of the molecule is CCOC(=O)C(c1cccc2ccccc12)C(CCO)(NC(=O)NCC(C)C)C(=O)O. The van der Waals surface area contributed by atoms with Gasteiger partial charge in [0.25, 0.3) is 0 Å². The van der Waals surface area contributed by atoms with Gasteiger partial charge in [0.15, 0.2) is 5.54 Å². The van der Waals surface area contributed by atoms with Gasteiger partial charge >= 0.3 is 18.0 Å². The van der Waals surface area contributed by atoms with Crippen LogP contribution in [0.5, 0.6) is 0 Å². The quantitative estimate of drug-likeness (QED) is 0.430. The van der Waals surface area contributed by atoms with Crippen molar-refractivity contribution in [1.29, 1.82) is 0 Å². The van der Waals surface area contributed by atoms with Crippen molar-refractivity contribution in [2.45, 2.75) is 38.6 Å². The van der Waals surface area contributed by atoms with Crippen molar-refractivity contribution in [3.8, 4) is 0 Å². The van der Waals surface area contributed by atoms with Gasteiger partial charge in [0.05, 0.1) is 6.61 Å². The minimum Gasteiger partial charge on any atom is -0.479 e. The molecule has 0 fully saturated rings. The number of fused-ring (bicyclic) bond motifs is 1. The Morgan fingerprint density at radius 1 is 1.10 bits per heavy atom. The second-order valence-electron chi connectivity index (χ2n) is 7.73. The molecule has 4 N–H and O–H groups in total. The van der Waals surface area contributed by atoms with E-state index < -0.39 is 36.0 Å². The van der Waals surface area contributed by atoms with Gasteiger partial charge in [0.1, 0.15) is 5.92 Å². The molecule has 2 rings (SSSR count). The molecule has 8 heteroatoms. The molecule has 0 aromatic heterocycles. The van der Waals surface area contributed by atoms with Crippen LogP contribution in [0.25, 0.3) is 10.8 Å². The number of benzene rings is 2. The zero-order chi connectivity index (χ0) is 23.0. The van der Waals surface area contributed by atoms with E-state index in [1.807, 2.05) is 32.0 Å². The summed E-state index contributed by atoms with van der Waals surface area (Å²) in [5.74, 6) is -3.47. The maximum atomic E-state index is 13.1. The Labute approximate surface area is 181 Å². The molecule has 2 aromatic carbocycles. The molecule has 2 amide bonds. The number of aliphatic hydroxyl groups excluding tert-OH is 1. The molecule has 31 heavy (non-hydrogen) atoms. The Morgan fingerprint density at radius 3 is 2.39 bits per heavy atom. The van der Waals surface area contributed by atoms with E-state index in [0.29, 0.717) is 17.5 Å². The zero-order valence-electron chi connectivity index (χ0n) is 18.1. The van der Waals surface area contributed by atoms with E-state index in [2.05, 4.69) is 10.6 Å². The highest BCUT2D eigenvalue weighted by atomic mass is 16.5. The monoisotopic (exact) mass is 430 g/mol. The number of carboxylic acids is 1. The minimum atomic E-state index is -2.12. The number of esters is 1. The van der Waals surface area contributed by atoms with E-state index in [1.165, 1.54) is 0 Å². The number of urea groups is 1. The molecular weight excluding hydrogens is 400 g/mol. The van der Waals surface area contributed by atoms with Crippen LogP contribution in [0, 0.1) is 5.92 Å².